The van der Waals surface area contributed by atoms with Gasteiger partial charge in [-0.3, -0.25) is 14.8 Å². The highest BCUT2D eigenvalue weighted by atomic mass is 32.2. The summed E-state index contributed by atoms with van der Waals surface area (Å²) in [4.78, 5) is 22.2. The highest BCUT2D eigenvalue weighted by Crippen LogP contribution is 2.24. The van der Waals surface area contributed by atoms with E-state index >= 15 is 0 Å². The highest BCUT2D eigenvalue weighted by Gasteiger charge is 2.09. The third kappa shape index (κ3) is 4.15. The van der Waals surface area contributed by atoms with E-state index in [1.807, 2.05) is 66.9 Å². The summed E-state index contributed by atoms with van der Waals surface area (Å²) in [5.41, 5.74) is 3.30. The largest absolute Gasteiger partial charge is 0.320 e. The van der Waals surface area contributed by atoms with Gasteiger partial charge in [0, 0.05) is 40.2 Å². The van der Waals surface area contributed by atoms with Crippen LogP contribution in [0.25, 0.3) is 10.9 Å². The number of carbonyl (C=O) groups excluding carboxylic acids is 1. The molecule has 4 nitrogen and oxygen atoms in total. The molecule has 0 aliphatic rings. The molecule has 0 radical (unpaired) electrons. The van der Waals surface area contributed by atoms with Gasteiger partial charge in [-0.25, -0.2) is 0 Å². The molecule has 4 aromatic rings. The maximum absolute atomic E-state index is 12.6. The summed E-state index contributed by atoms with van der Waals surface area (Å²) < 4.78 is 0. The fourth-order valence-electron chi connectivity index (χ4n) is 2.75. The molecule has 0 unspecified atom stereocenters. The zero-order chi connectivity index (χ0) is 18.5. The zero-order valence-corrected chi connectivity index (χ0v) is 15.3. The van der Waals surface area contributed by atoms with Crippen molar-refractivity contribution in [2.45, 2.75) is 10.6 Å². The Morgan fingerprint density at radius 3 is 2.56 bits per heavy atom. The van der Waals surface area contributed by atoms with Gasteiger partial charge in [-0.1, -0.05) is 24.3 Å². The van der Waals surface area contributed by atoms with Crippen molar-refractivity contribution in [2.75, 3.05) is 5.32 Å². The van der Waals surface area contributed by atoms with Crippen LogP contribution in [0, 0.1) is 0 Å². The molecule has 5 heteroatoms. The Kier molecular flexibility index (Phi) is 5.12. The normalized spacial score (nSPS) is 10.7. The van der Waals surface area contributed by atoms with Crippen molar-refractivity contribution in [1.82, 2.24) is 9.97 Å². The van der Waals surface area contributed by atoms with Crippen molar-refractivity contribution in [1.29, 1.82) is 0 Å². The first-order valence-corrected chi connectivity index (χ1v) is 9.55. The van der Waals surface area contributed by atoms with Gasteiger partial charge < -0.3 is 5.32 Å². The van der Waals surface area contributed by atoms with Gasteiger partial charge in [0.1, 0.15) is 0 Å². The van der Waals surface area contributed by atoms with E-state index in [0.29, 0.717) is 11.3 Å². The highest BCUT2D eigenvalue weighted by molar-refractivity contribution is 7.98. The van der Waals surface area contributed by atoms with Crippen molar-refractivity contribution in [3.63, 3.8) is 0 Å². The van der Waals surface area contributed by atoms with Gasteiger partial charge in [-0.05, 0) is 48.0 Å². The van der Waals surface area contributed by atoms with E-state index in [-0.39, 0.29) is 5.91 Å². The fraction of sp³-hybridized carbons (Fsp3) is 0.0455. The number of amides is 1. The average Bonchev–Trinajstić information content (AvgIpc) is 2.74. The molecule has 0 atom stereocenters. The minimum Gasteiger partial charge on any atom is -0.320 e. The molecule has 27 heavy (non-hydrogen) atoms. The molecular weight excluding hydrogens is 354 g/mol. The molecule has 0 saturated carbocycles. The topological polar surface area (TPSA) is 54.9 Å². The van der Waals surface area contributed by atoms with Gasteiger partial charge in [-0.15, -0.1) is 11.8 Å². The molecule has 2 heterocycles. The van der Waals surface area contributed by atoms with Crippen LogP contribution in [-0.4, -0.2) is 15.9 Å². The number of fused-ring (bicyclic) bond motifs is 1. The maximum Gasteiger partial charge on any atom is 0.255 e. The Bertz CT molecular complexity index is 1060. The van der Waals surface area contributed by atoms with Crippen LogP contribution in [0.5, 0.6) is 0 Å². The molecule has 0 aliphatic carbocycles. The summed E-state index contributed by atoms with van der Waals surface area (Å²) in [5.74, 6) is 0.707. The van der Waals surface area contributed by atoms with Crippen LogP contribution in [0.4, 0.5) is 5.69 Å². The van der Waals surface area contributed by atoms with E-state index in [1.54, 1.807) is 24.2 Å². The smallest absolute Gasteiger partial charge is 0.255 e. The molecule has 1 N–H and O–H groups in total. The fourth-order valence-corrected chi connectivity index (χ4v) is 3.58. The number of pyridine rings is 2. The van der Waals surface area contributed by atoms with Gasteiger partial charge in [-0.2, -0.15) is 0 Å². The van der Waals surface area contributed by atoms with Crippen molar-refractivity contribution in [3.05, 3.63) is 96.4 Å². The van der Waals surface area contributed by atoms with E-state index < -0.39 is 0 Å². The Labute approximate surface area is 161 Å². The van der Waals surface area contributed by atoms with E-state index in [4.69, 9.17) is 0 Å². The predicted octanol–water partition coefficient (Wildman–Crippen LogP) is 5.17. The molecule has 0 fully saturated rings. The van der Waals surface area contributed by atoms with E-state index in [1.165, 1.54) is 5.56 Å². The molecule has 4 rings (SSSR count). The predicted molar refractivity (Wildman–Crippen MR) is 110 cm³/mol. The van der Waals surface area contributed by atoms with Crippen molar-refractivity contribution in [2.24, 2.45) is 0 Å². The van der Waals surface area contributed by atoms with Crippen LogP contribution in [-0.2, 0) is 5.75 Å². The van der Waals surface area contributed by atoms with Crippen LogP contribution < -0.4 is 5.32 Å². The standard InChI is InChI=1S/C22H17N3OS/c26-22(25-20-7-1-5-17-6-3-13-24-21(17)20)18-8-10-19(11-9-18)27-15-16-4-2-12-23-14-16/h1-14H,15H2,(H,25,26). The number of nitrogens with one attached hydrogen (secondary N) is 1. The van der Waals surface area contributed by atoms with Crippen LogP contribution in [0.15, 0.2) is 90.2 Å². The Morgan fingerprint density at radius 1 is 0.926 bits per heavy atom. The molecule has 132 valence electrons. The van der Waals surface area contributed by atoms with Gasteiger partial charge in [0.15, 0.2) is 0 Å². The van der Waals surface area contributed by atoms with Gasteiger partial charge in [0.25, 0.3) is 5.91 Å². The molecule has 0 saturated heterocycles. The SMILES string of the molecule is O=C(Nc1cccc2cccnc12)c1ccc(SCc2cccnc2)cc1. The second-order valence-electron chi connectivity index (χ2n) is 6.01. The lowest BCUT2D eigenvalue weighted by Gasteiger charge is -2.08. The molecule has 0 bridgehead atoms. The Morgan fingerprint density at radius 2 is 1.74 bits per heavy atom. The number of thioether (sulfide) groups is 1. The number of carbonyl (C=O) groups is 1. The zero-order valence-electron chi connectivity index (χ0n) is 14.5. The van der Waals surface area contributed by atoms with Crippen molar-refractivity contribution < 1.29 is 4.79 Å². The average molecular weight is 371 g/mol. The number of anilines is 1. The minimum atomic E-state index is -0.142. The summed E-state index contributed by atoms with van der Waals surface area (Å²) in [6.45, 7) is 0. The molecule has 1 amide bonds. The third-order valence-corrected chi connectivity index (χ3v) is 5.21. The molecule has 0 spiro atoms. The number of rotatable bonds is 5. The van der Waals surface area contributed by atoms with Crippen LogP contribution >= 0.6 is 11.8 Å². The first-order chi connectivity index (χ1) is 13.3. The number of hydrogen-bond donors (Lipinski definition) is 1. The molecule has 2 aromatic heterocycles. The molecule has 0 aliphatic heterocycles. The molecular formula is C22H17N3OS. The van der Waals surface area contributed by atoms with Crippen molar-refractivity contribution >= 4 is 34.3 Å². The monoisotopic (exact) mass is 371 g/mol. The summed E-state index contributed by atoms with van der Waals surface area (Å²) in [6.07, 6.45) is 5.37. The minimum absolute atomic E-state index is 0.142. The van der Waals surface area contributed by atoms with Gasteiger partial charge in [0.05, 0.1) is 11.2 Å². The lowest BCUT2D eigenvalue weighted by Crippen LogP contribution is -2.12. The first kappa shape index (κ1) is 17.2. The van der Waals surface area contributed by atoms with Gasteiger partial charge >= 0.3 is 0 Å². The maximum atomic E-state index is 12.6. The van der Waals surface area contributed by atoms with Crippen LogP contribution in [0.2, 0.25) is 0 Å². The second-order valence-corrected chi connectivity index (χ2v) is 7.06. The molecule has 2 aromatic carbocycles. The van der Waals surface area contributed by atoms with Crippen molar-refractivity contribution in [3.8, 4) is 0 Å². The number of aromatic nitrogens is 2. The van der Waals surface area contributed by atoms with Gasteiger partial charge in [0.2, 0.25) is 0 Å². The lowest BCUT2D eigenvalue weighted by atomic mass is 10.1. The quantitative estimate of drug-likeness (QED) is 0.492. The first-order valence-electron chi connectivity index (χ1n) is 8.56. The van der Waals surface area contributed by atoms with E-state index in [9.17, 15) is 4.79 Å². The van der Waals surface area contributed by atoms with Crippen LogP contribution in [0.3, 0.4) is 0 Å². The summed E-state index contributed by atoms with van der Waals surface area (Å²) in [5, 5.41) is 3.96. The number of hydrogen-bond acceptors (Lipinski definition) is 4. The Balaban J connectivity index is 1.44. The van der Waals surface area contributed by atoms with E-state index in [2.05, 4.69) is 21.4 Å². The summed E-state index contributed by atoms with van der Waals surface area (Å²) >= 11 is 1.72. The Hall–Kier alpha value is -3.18. The number of nitrogens with zero attached hydrogens (tertiary/aromatic N) is 2. The number of benzene rings is 2. The number of para-hydroxylation sites is 1. The third-order valence-electron chi connectivity index (χ3n) is 4.13. The summed E-state index contributed by atoms with van der Waals surface area (Å²) in [7, 11) is 0. The summed E-state index contributed by atoms with van der Waals surface area (Å²) in [6, 6.07) is 21.2. The second kappa shape index (κ2) is 8.01. The van der Waals surface area contributed by atoms with Crippen LogP contribution in [0.1, 0.15) is 15.9 Å². The van der Waals surface area contributed by atoms with E-state index in [0.717, 1.165) is 21.6 Å². The lowest BCUT2D eigenvalue weighted by molar-refractivity contribution is 0.102.